The Bertz CT molecular complexity index is 1760. The van der Waals surface area contributed by atoms with Crippen molar-refractivity contribution in [2.75, 3.05) is 6.54 Å². The lowest BCUT2D eigenvalue weighted by atomic mass is 9.97. The number of hydrogen-bond donors (Lipinski definition) is 5. The van der Waals surface area contributed by atoms with Crippen molar-refractivity contribution in [2.24, 2.45) is 11.5 Å². The predicted octanol–water partition coefficient (Wildman–Crippen LogP) is 1.64. The zero-order valence-electron chi connectivity index (χ0n) is 24.4. The van der Waals surface area contributed by atoms with Gasteiger partial charge in [0.25, 0.3) is 11.8 Å². The van der Waals surface area contributed by atoms with Crippen LogP contribution in [-0.4, -0.2) is 63.4 Å². The summed E-state index contributed by atoms with van der Waals surface area (Å²) >= 11 is 0. The number of nitrogens with two attached hydrogens (primary N) is 2. The summed E-state index contributed by atoms with van der Waals surface area (Å²) in [6.07, 6.45) is 0.237. The number of benzene rings is 3. The van der Waals surface area contributed by atoms with E-state index in [1.54, 1.807) is 29.2 Å². The van der Waals surface area contributed by atoms with Crippen molar-refractivity contribution >= 4 is 40.6 Å². The number of carbonyl (C=O) groups is 4. The van der Waals surface area contributed by atoms with Gasteiger partial charge >= 0.3 is 0 Å². The molecular formula is C34H34N6O5. The van der Waals surface area contributed by atoms with E-state index >= 15 is 0 Å². The maximum absolute atomic E-state index is 13.6. The number of carbonyl (C=O) groups excluding carboxylic acids is 4. The van der Waals surface area contributed by atoms with Crippen LogP contribution in [0.4, 0.5) is 0 Å². The lowest BCUT2D eigenvalue weighted by molar-refractivity contribution is -0.128. The molecular weight excluding hydrogens is 572 g/mol. The Morgan fingerprint density at radius 3 is 2.33 bits per heavy atom. The monoisotopic (exact) mass is 606 g/mol. The summed E-state index contributed by atoms with van der Waals surface area (Å²) in [5.41, 5.74) is 14.7. The van der Waals surface area contributed by atoms with Gasteiger partial charge in [0.15, 0.2) is 0 Å². The summed E-state index contributed by atoms with van der Waals surface area (Å²) in [4.78, 5) is 57.1. The molecule has 0 bridgehead atoms. The van der Waals surface area contributed by atoms with Gasteiger partial charge in [-0.25, -0.2) is 4.98 Å². The lowest BCUT2D eigenvalue weighted by Gasteiger charge is -2.35. The van der Waals surface area contributed by atoms with Gasteiger partial charge in [-0.15, -0.1) is 0 Å². The van der Waals surface area contributed by atoms with Crippen LogP contribution >= 0.6 is 0 Å². The van der Waals surface area contributed by atoms with Gasteiger partial charge in [0.2, 0.25) is 11.8 Å². The SMILES string of the molecule is NC(=O)C[C@H](NC(=O)c1ccc2ccccc2n1)C(=O)N[C@@H](Cc1ccccc1)[C@H](O)CN1Cc2ccccc2C=C1C(N)=O. The first-order valence-corrected chi connectivity index (χ1v) is 14.5. The Kier molecular flexibility index (Phi) is 9.49. The highest BCUT2D eigenvalue weighted by Gasteiger charge is 2.31. The van der Waals surface area contributed by atoms with Gasteiger partial charge in [0.05, 0.1) is 24.1 Å². The fraction of sp³-hybridized carbons (Fsp3) is 0.206. The van der Waals surface area contributed by atoms with Gasteiger partial charge in [-0.1, -0.05) is 78.9 Å². The molecule has 45 heavy (non-hydrogen) atoms. The van der Waals surface area contributed by atoms with E-state index in [1.807, 2.05) is 66.7 Å². The van der Waals surface area contributed by atoms with E-state index in [-0.39, 0.29) is 24.4 Å². The number of aliphatic hydroxyl groups excluding tert-OH is 1. The Labute approximate surface area is 259 Å². The molecule has 1 aliphatic rings. The molecule has 5 rings (SSSR count). The van der Waals surface area contributed by atoms with Gasteiger partial charge in [0, 0.05) is 18.5 Å². The van der Waals surface area contributed by atoms with Crippen molar-refractivity contribution in [3.05, 3.63) is 119 Å². The molecule has 0 aliphatic carbocycles. The Morgan fingerprint density at radius 2 is 1.58 bits per heavy atom. The molecule has 2 heterocycles. The number of hydrogen-bond acceptors (Lipinski definition) is 7. The molecule has 1 aromatic heterocycles. The normalized spacial score (nSPS) is 14.4. The molecule has 4 aromatic rings. The van der Waals surface area contributed by atoms with Gasteiger partial charge in [-0.2, -0.15) is 0 Å². The van der Waals surface area contributed by atoms with Crippen molar-refractivity contribution in [1.29, 1.82) is 0 Å². The average Bonchev–Trinajstić information content (AvgIpc) is 3.03. The number of aromatic nitrogens is 1. The van der Waals surface area contributed by atoms with E-state index in [2.05, 4.69) is 15.6 Å². The second kappa shape index (κ2) is 13.8. The maximum Gasteiger partial charge on any atom is 0.270 e. The molecule has 11 nitrogen and oxygen atoms in total. The quantitative estimate of drug-likeness (QED) is 0.163. The van der Waals surface area contributed by atoms with Crippen molar-refractivity contribution in [1.82, 2.24) is 20.5 Å². The summed E-state index contributed by atoms with van der Waals surface area (Å²) in [6, 6.07) is 25.1. The van der Waals surface area contributed by atoms with Crippen LogP contribution in [-0.2, 0) is 27.3 Å². The molecule has 3 atom stereocenters. The first-order valence-electron chi connectivity index (χ1n) is 14.5. The number of aliphatic hydroxyl groups is 1. The van der Waals surface area contributed by atoms with Crippen molar-refractivity contribution in [3.63, 3.8) is 0 Å². The fourth-order valence-corrected chi connectivity index (χ4v) is 5.36. The molecule has 0 fully saturated rings. The largest absolute Gasteiger partial charge is 0.389 e. The van der Waals surface area contributed by atoms with E-state index < -0.39 is 48.2 Å². The first kappa shape index (κ1) is 30.9. The average molecular weight is 607 g/mol. The first-order chi connectivity index (χ1) is 21.7. The molecule has 0 saturated carbocycles. The number of fused-ring (bicyclic) bond motifs is 2. The summed E-state index contributed by atoms with van der Waals surface area (Å²) in [7, 11) is 0. The molecule has 3 aromatic carbocycles. The Morgan fingerprint density at radius 1 is 0.867 bits per heavy atom. The third-order valence-electron chi connectivity index (χ3n) is 7.66. The molecule has 0 spiro atoms. The minimum absolute atomic E-state index is 0.0330. The number of β-amino-alcohol motifs (C(OH)–C–C–N with tert-alkyl or cyclic N) is 1. The number of nitrogens with zero attached hydrogens (tertiary/aromatic N) is 2. The van der Waals surface area contributed by atoms with Crippen molar-refractivity contribution in [3.8, 4) is 0 Å². The maximum atomic E-state index is 13.6. The smallest absolute Gasteiger partial charge is 0.270 e. The molecule has 0 radical (unpaired) electrons. The summed E-state index contributed by atoms with van der Waals surface area (Å²) in [5, 5.41) is 17.7. The van der Waals surface area contributed by atoms with Crippen LogP contribution in [0.3, 0.4) is 0 Å². The third kappa shape index (κ3) is 7.70. The van der Waals surface area contributed by atoms with E-state index in [1.165, 1.54) is 6.07 Å². The van der Waals surface area contributed by atoms with E-state index in [4.69, 9.17) is 11.5 Å². The van der Waals surface area contributed by atoms with E-state index in [0.29, 0.717) is 12.1 Å². The molecule has 1 aliphatic heterocycles. The Hall–Kier alpha value is -5.55. The number of pyridine rings is 1. The standard InChI is InChI=1S/C34H34N6O5/c35-31(42)18-28(39-33(44)26-15-14-22-10-6-7-13-25(22)37-26)34(45)38-27(16-21-8-2-1-3-9-21)30(41)20-40-19-24-12-5-4-11-23(24)17-29(40)32(36)43/h1-15,17,27-28,30,41H,16,18-20H2,(H2,35,42)(H2,36,43)(H,38,45)(H,39,44)/t27-,28-,30+/m0/s1. The van der Waals surface area contributed by atoms with Gasteiger partial charge in [0.1, 0.15) is 17.4 Å². The van der Waals surface area contributed by atoms with E-state index in [9.17, 15) is 24.3 Å². The molecule has 0 saturated heterocycles. The van der Waals surface area contributed by atoms with E-state index in [0.717, 1.165) is 22.1 Å². The van der Waals surface area contributed by atoms with Crippen LogP contribution in [0.5, 0.6) is 0 Å². The zero-order chi connectivity index (χ0) is 31.9. The number of primary amides is 2. The van der Waals surface area contributed by atoms with Crippen LogP contribution < -0.4 is 22.1 Å². The third-order valence-corrected chi connectivity index (χ3v) is 7.66. The van der Waals surface area contributed by atoms with Crippen LogP contribution in [0.15, 0.2) is 96.7 Å². The predicted molar refractivity (Wildman–Crippen MR) is 169 cm³/mol. The highest BCUT2D eigenvalue weighted by Crippen LogP contribution is 2.25. The minimum Gasteiger partial charge on any atom is -0.389 e. The second-order valence-corrected chi connectivity index (χ2v) is 10.9. The number of amides is 4. The molecule has 7 N–H and O–H groups in total. The molecule has 0 unspecified atom stereocenters. The van der Waals surface area contributed by atoms with Crippen LogP contribution in [0.2, 0.25) is 0 Å². The van der Waals surface area contributed by atoms with Gasteiger partial charge in [-0.3, -0.25) is 19.2 Å². The number of nitrogens with one attached hydrogen (secondary N) is 2. The molecule has 4 amide bonds. The molecule has 230 valence electrons. The van der Waals surface area contributed by atoms with Crippen LogP contribution in [0.1, 0.15) is 33.6 Å². The minimum atomic E-state index is -1.34. The second-order valence-electron chi connectivity index (χ2n) is 10.9. The Balaban J connectivity index is 1.36. The van der Waals surface area contributed by atoms with Crippen molar-refractivity contribution < 1.29 is 24.3 Å². The lowest BCUT2D eigenvalue weighted by Crippen LogP contribution is -2.56. The van der Waals surface area contributed by atoms with Gasteiger partial charge in [-0.05, 0) is 41.3 Å². The highest BCUT2D eigenvalue weighted by molar-refractivity contribution is 5.99. The topological polar surface area (TPSA) is 181 Å². The van der Waals surface area contributed by atoms with Crippen molar-refractivity contribution in [2.45, 2.75) is 37.6 Å². The summed E-state index contributed by atoms with van der Waals surface area (Å²) in [6.45, 7) is 0.294. The van der Waals surface area contributed by atoms with Gasteiger partial charge < -0.3 is 32.1 Å². The summed E-state index contributed by atoms with van der Waals surface area (Å²) in [5.74, 6) is -2.82. The number of rotatable bonds is 12. The van der Waals surface area contributed by atoms with Crippen LogP contribution in [0, 0.1) is 0 Å². The van der Waals surface area contributed by atoms with Crippen LogP contribution in [0.25, 0.3) is 17.0 Å². The number of para-hydroxylation sites is 1. The summed E-state index contributed by atoms with van der Waals surface area (Å²) < 4.78 is 0. The molecule has 11 heteroatoms. The fourth-order valence-electron chi connectivity index (χ4n) is 5.36. The highest BCUT2D eigenvalue weighted by atomic mass is 16.3. The zero-order valence-corrected chi connectivity index (χ0v) is 24.4.